The molecule has 1 atom stereocenters. The minimum Gasteiger partial charge on any atom is -0.488 e. The molecule has 0 spiro atoms. The minimum absolute atomic E-state index is 0.263. The first kappa shape index (κ1) is 14.1. The highest BCUT2D eigenvalue weighted by Crippen LogP contribution is 2.15. The minimum atomic E-state index is -0.722. The number of hydrogen-bond acceptors (Lipinski definition) is 3. The van der Waals surface area contributed by atoms with E-state index in [9.17, 15) is 9.59 Å². The van der Waals surface area contributed by atoms with E-state index in [1.807, 2.05) is 18.2 Å². The Morgan fingerprint density at radius 3 is 2.60 bits per heavy atom. The predicted octanol–water partition coefficient (Wildman–Crippen LogP) is 1.28. The summed E-state index contributed by atoms with van der Waals surface area (Å²) in [6, 6.07) is 8.40. The summed E-state index contributed by atoms with van der Waals surface area (Å²) >= 11 is 0. The molecule has 20 heavy (non-hydrogen) atoms. The third-order valence-electron chi connectivity index (χ3n) is 3.08. The molecular weight excluding hydrogens is 256 g/mol. The van der Waals surface area contributed by atoms with E-state index in [0.717, 1.165) is 18.4 Å². The molecule has 1 heterocycles. The molecule has 1 aromatic rings. The zero-order chi connectivity index (χ0) is 14.4. The van der Waals surface area contributed by atoms with Crippen molar-refractivity contribution in [2.45, 2.75) is 18.9 Å². The fourth-order valence-electron chi connectivity index (χ4n) is 2.01. The van der Waals surface area contributed by atoms with E-state index in [0.29, 0.717) is 12.4 Å². The maximum atomic E-state index is 12.1. The van der Waals surface area contributed by atoms with E-state index < -0.39 is 6.04 Å². The summed E-state index contributed by atoms with van der Waals surface area (Å²) in [6.07, 6.45) is 3.48. The van der Waals surface area contributed by atoms with Crippen LogP contribution in [0.5, 0.6) is 0 Å². The summed E-state index contributed by atoms with van der Waals surface area (Å²) in [5.41, 5.74) is 0.733. The molecule has 106 valence electrons. The SMILES string of the molecule is CNC(=O)[C@H](NC(=O)C1=CCCCO1)c1ccccc1. The Labute approximate surface area is 118 Å². The van der Waals surface area contributed by atoms with Gasteiger partial charge in [0, 0.05) is 7.05 Å². The van der Waals surface area contributed by atoms with Crippen molar-refractivity contribution >= 4 is 11.8 Å². The highest BCUT2D eigenvalue weighted by molar-refractivity contribution is 5.95. The van der Waals surface area contributed by atoms with Crippen LogP contribution in [0.2, 0.25) is 0 Å². The predicted molar refractivity (Wildman–Crippen MR) is 74.7 cm³/mol. The Morgan fingerprint density at radius 2 is 2.00 bits per heavy atom. The first-order chi connectivity index (χ1) is 9.72. The first-order valence-corrected chi connectivity index (χ1v) is 6.62. The average Bonchev–Trinajstić information content (AvgIpc) is 2.53. The van der Waals surface area contributed by atoms with E-state index >= 15 is 0 Å². The van der Waals surface area contributed by atoms with Gasteiger partial charge in [-0.3, -0.25) is 9.59 Å². The topological polar surface area (TPSA) is 67.4 Å². The van der Waals surface area contributed by atoms with Gasteiger partial charge in [-0.15, -0.1) is 0 Å². The highest BCUT2D eigenvalue weighted by Gasteiger charge is 2.24. The number of benzene rings is 1. The molecule has 0 unspecified atom stereocenters. The largest absolute Gasteiger partial charge is 0.488 e. The molecular formula is C15H18N2O3. The molecule has 1 aromatic carbocycles. The number of nitrogens with one attached hydrogen (secondary N) is 2. The zero-order valence-electron chi connectivity index (χ0n) is 11.4. The Bertz CT molecular complexity index is 511. The van der Waals surface area contributed by atoms with Crippen molar-refractivity contribution in [2.24, 2.45) is 0 Å². The molecule has 5 heteroatoms. The van der Waals surface area contributed by atoms with Crippen LogP contribution in [0.15, 0.2) is 42.2 Å². The Morgan fingerprint density at radius 1 is 1.25 bits per heavy atom. The van der Waals surface area contributed by atoms with Crippen LogP contribution in [0.25, 0.3) is 0 Å². The number of ether oxygens (including phenoxy) is 1. The Kier molecular flexibility index (Phi) is 4.76. The second kappa shape index (κ2) is 6.75. The van der Waals surface area contributed by atoms with Crippen molar-refractivity contribution in [3.8, 4) is 0 Å². The maximum absolute atomic E-state index is 12.1. The lowest BCUT2D eigenvalue weighted by atomic mass is 10.1. The van der Waals surface area contributed by atoms with E-state index in [1.165, 1.54) is 0 Å². The Balaban J connectivity index is 2.14. The number of hydrogen-bond donors (Lipinski definition) is 2. The number of carbonyl (C=O) groups is 2. The molecule has 0 saturated heterocycles. The van der Waals surface area contributed by atoms with E-state index in [2.05, 4.69) is 10.6 Å². The number of carbonyl (C=O) groups excluding carboxylic acids is 2. The normalized spacial score (nSPS) is 15.6. The lowest BCUT2D eigenvalue weighted by Crippen LogP contribution is -2.40. The monoisotopic (exact) mass is 274 g/mol. The number of rotatable bonds is 4. The van der Waals surface area contributed by atoms with Crippen LogP contribution in [0.3, 0.4) is 0 Å². The summed E-state index contributed by atoms with van der Waals surface area (Å²) < 4.78 is 5.31. The van der Waals surface area contributed by atoms with E-state index in [4.69, 9.17) is 4.74 Å². The van der Waals surface area contributed by atoms with Crippen LogP contribution in [0.4, 0.5) is 0 Å². The number of likely N-dealkylation sites (N-methyl/N-ethyl adjacent to an activating group) is 1. The van der Waals surface area contributed by atoms with Gasteiger partial charge in [-0.25, -0.2) is 0 Å². The molecule has 0 aromatic heterocycles. The van der Waals surface area contributed by atoms with Crippen molar-refractivity contribution in [3.63, 3.8) is 0 Å². The van der Waals surface area contributed by atoms with Crippen LogP contribution in [-0.2, 0) is 14.3 Å². The Hall–Kier alpha value is -2.30. The molecule has 2 amide bonds. The van der Waals surface area contributed by atoms with Gasteiger partial charge in [0.15, 0.2) is 5.76 Å². The molecule has 5 nitrogen and oxygen atoms in total. The van der Waals surface area contributed by atoms with Gasteiger partial charge in [0.2, 0.25) is 5.91 Å². The van der Waals surface area contributed by atoms with Crippen LogP contribution in [-0.4, -0.2) is 25.5 Å². The highest BCUT2D eigenvalue weighted by atomic mass is 16.5. The third-order valence-corrected chi connectivity index (χ3v) is 3.08. The summed E-state index contributed by atoms with van der Waals surface area (Å²) in [7, 11) is 1.54. The lowest BCUT2D eigenvalue weighted by molar-refractivity contribution is -0.128. The standard InChI is InChI=1S/C15H18N2O3/c1-16-15(19)13(11-7-3-2-4-8-11)17-14(18)12-9-5-6-10-20-12/h2-4,7-9,13H,5-6,10H2,1H3,(H,16,19)(H,17,18)/t13-/m1/s1. The summed E-state index contributed by atoms with van der Waals surface area (Å²) in [5, 5.41) is 5.27. The van der Waals surface area contributed by atoms with Gasteiger partial charge in [0.1, 0.15) is 6.04 Å². The molecule has 0 saturated carbocycles. The van der Waals surface area contributed by atoms with Gasteiger partial charge < -0.3 is 15.4 Å². The third kappa shape index (κ3) is 3.38. The summed E-state index contributed by atoms with van der Waals surface area (Å²) in [4.78, 5) is 24.1. The van der Waals surface area contributed by atoms with Crippen LogP contribution in [0.1, 0.15) is 24.4 Å². The van der Waals surface area contributed by atoms with Gasteiger partial charge in [-0.05, 0) is 24.5 Å². The molecule has 2 rings (SSSR count). The van der Waals surface area contributed by atoms with Crippen LogP contribution in [0, 0.1) is 0 Å². The molecule has 0 radical (unpaired) electrons. The zero-order valence-corrected chi connectivity index (χ0v) is 11.4. The van der Waals surface area contributed by atoms with Crippen molar-refractivity contribution in [1.29, 1.82) is 0 Å². The smallest absolute Gasteiger partial charge is 0.286 e. The van der Waals surface area contributed by atoms with Gasteiger partial charge in [-0.1, -0.05) is 30.3 Å². The fraction of sp³-hybridized carbons (Fsp3) is 0.333. The van der Waals surface area contributed by atoms with Gasteiger partial charge in [-0.2, -0.15) is 0 Å². The van der Waals surface area contributed by atoms with Gasteiger partial charge >= 0.3 is 0 Å². The summed E-state index contributed by atoms with van der Waals surface area (Å²) in [6.45, 7) is 0.537. The molecule has 2 N–H and O–H groups in total. The molecule has 0 bridgehead atoms. The molecule has 0 fully saturated rings. The lowest BCUT2D eigenvalue weighted by Gasteiger charge is -2.20. The number of amides is 2. The van der Waals surface area contributed by atoms with E-state index in [-0.39, 0.29) is 11.8 Å². The molecule has 1 aliphatic rings. The molecule has 1 aliphatic heterocycles. The van der Waals surface area contributed by atoms with Crippen LogP contribution >= 0.6 is 0 Å². The van der Waals surface area contributed by atoms with Crippen molar-refractivity contribution in [2.75, 3.05) is 13.7 Å². The fourth-order valence-corrected chi connectivity index (χ4v) is 2.01. The summed E-state index contributed by atoms with van der Waals surface area (Å²) in [5.74, 6) is -0.329. The van der Waals surface area contributed by atoms with E-state index in [1.54, 1.807) is 25.3 Å². The van der Waals surface area contributed by atoms with Crippen molar-refractivity contribution < 1.29 is 14.3 Å². The van der Waals surface area contributed by atoms with Crippen molar-refractivity contribution in [3.05, 3.63) is 47.7 Å². The second-order valence-electron chi connectivity index (χ2n) is 4.49. The maximum Gasteiger partial charge on any atom is 0.286 e. The number of allylic oxidation sites excluding steroid dienone is 1. The second-order valence-corrected chi connectivity index (χ2v) is 4.49. The van der Waals surface area contributed by atoms with Crippen LogP contribution < -0.4 is 10.6 Å². The average molecular weight is 274 g/mol. The van der Waals surface area contributed by atoms with Crippen molar-refractivity contribution in [1.82, 2.24) is 10.6 Å². The molecule has 0 aliphatic carbocycles. The van der Waals surface area contributed by atoms with Gasteiger partial charge in [0.25, 0.3) is 5.91 Å². The first-order valence-electron chi connectivity index (χ1n) is 6.62. The van der Waals surface area contributed by atoms with Gasteiger partial charge in [0.05, 0.1) is 6.61 Å². The quantitative estimate of drug-likeness (QED) is 0.869.